The molecule has 1 aromatic heterocycles. The molecule has 3 N–H and O–H groups in total. The lowest BCUT2D eigenvalue weighted by Crippen LogP contribution is -2.32. The zero-order valence-corrected chi connectivity index (χ0v) is 11.4. The van der Waals surface area contributed by atoms with Crippen molar-refractivity contribution in [1.82, 2.24) is 10.5 Å². The lowest BCUT2D eigenvalue weighted by atomic mass is 10.1. The Labute approximate surface area is 108 Å². The maximum absolute atomic E-state index is 5.71. The summed E-state index contributed by atoms with van der Waals surface area (Å²) in [5, 5.41) is 7.00. The standard InChI is InChI=1S/C13H22N4O/c1-9(2)8-16-13(14)15-7-5-6-12-10(3)17-18-11(12)4/h1,5-8H2,2-4H3,(H3,14,15,16). The summed E-state index contributed by atoms with van der Waals surface area (Å²) in [6.45, 7) is 10.9. The third-order valence-electron chi connectivity index (χ3n) is 2.61. The van der Waals surface area contributed by atoms with Gasteiger partial charge < -0.3 is 15.6 Å². The summed E-state index contributed by atoms with van der Waals surface area (Å²) in [5.74, 6) is 1.37. The van der Waals surface area contributed by atoms with E-state index in [1.54, 1.807) is 0 Å². The summed E-state index contributed by atoms with van der Waals surface area (Å²) < 4.78 is 5.11. The molecule has 100 valence electrons. The molecule has 0 aliphatic rings. The van der Waals surface area contributed by atoms with Crippen LogP contribution in [-0.4, -0.2) is 24.2 Å². The lowest BCUT2D eigenvalue weighted by Gasteiger charge is -2.05. The van der Waals surface area contributed by atoms with E-state index in [2.05, 4.69) is 22.0 Å². The molecule has 0 saturated carbocycles. The zero-order chi connectivity index (χ0) is 13.5. The third-order valence-corrected chi connectivity index (χ3v) is 2.61. The average molecular weight is 250 g/mol. The van der Waals surface area contributed by atoms with Gasteiger partial charge in [0.2, 0.25) is 0 Å². The highest BCUT2D eigenvalue weighted by molar-refractivity contribution is 5.77. The Balaban J connectivity index is 2.27. The Hall–Kier alpha value is -1.78. The van der Waals surface area contributed by atoms with E-state index in [-0.39, 0.29) is 0 Å². The van der Waals surface area contributed by atoms with Crippen molar-refractivity contribution in [1.29, 1.82) is 0 Å². The normalized spacial score (nSPS) is 11.6. The SMILES string of the molecule is C=C(C)CN=C(N)NCCCc1c(C)noc1C. The lowest BCUT2D eigenvalue weighted by molar-refractivity contribution is 0.392. The van der Waals surface area contributed by atoms with Crippen LogP contribution in [0.3, 0.4) is 0 Å². The van der Waals surface area contributed by atoms with E-state index in [1.807, 2.05) is 20.8 Å². The molecule has 0 fully saturated rings. The monoisotopic (exact) mass is 250 g/mol. The predicted molar refractivity (Wildman–Crippen MR) is 73.6 cm³/mol. The molecule has 0 atom stereocenters. The topological polar surface area (TPSA) is 76.4 Å². The fraction of sp³-hybridized carbons (Fsp3) is 0.538. The van der Waals surface area contributed by atoms with Gasteiger partial charge in [-0.25, -0.2) is 4.99 Å². The van der Waals surface area contributed by atoms with Crippen molar-refractivity contribution in [2.45, 2.75) is 33.6 Å². The van der Waals surface area contributed by atoms with Gasteiger partial charge in [0.1, 0.15) is 5.76 Å². The first-order valence-electron chi connectivity index (χ1n) is 6.10. The average Bonchev–Trinajstić information content (AvgIpc) is 2.63. The number of nitrogens with one attached hydrogen (secondary N) is 1. The maximum Gasteiger partial charge on any atom is 0.188 e. The van der Waals surface area contributed by atoms with E-state index in [0.717, 1.165) is 36.4 Å². The van der Waals surface area contributed by atoms with Gasteiger partial charge in [0, 0.05) is 12.1 Å². The van der Waals surface area contributed by atoms with E-state index in [1.165, 1.54) is 5.56 Å². The van der Waals surface area contributed by atoms with Crippen LogP contribution in [0.15, 0.2) is 21.7 Å². The summed E-state index contributed by atoms with van der Waals surface area (Å²) in [5.41, 5.74) is 8.86. The van der Waals surface area contributed by atoms with Crippen LogP contribution in [0.2, 0.25) is 0 Å². The largest absolute Gasteiger partial charge is 0.370 e. The highest BCUT2D eigenvalue weighted by Crippen LogP contribution is 2.13. The predicted octanol–water partition coefficient (Wildman–Crippen LogP) is 1.70. The number of guanidine groups is 1. The van der Waals surface area contributed by atoms with Crippen molar-refractivity contribution < 1.29 is 4.52 Å². The van der Waals surface area contributed by atoms with Crippen LogP contribution in [0.4, 0.5) is 0 Å². The fourth-order valence-corrected chi connectivity index (χ4v) is 1.62. The first-order chi connectivity index (χ1) is 8.50. The molecule has 0 aliphatic carbocycles. The van der Waals surface area contributed by atoms with Crippen LogP contribution in [0.1, 0.15) is 30.4 Å². The summed E-state index contributed by atoms with van der Waals surface area (Å²) in [7, 11) is 0. The van der Waals surface area contributed by atoms with Crippen molar-refractivity contribution in [3.63, 3.8) is 0 Å². The van der Waals surface area contributed by atoms with E-state index in [9.17, 15) is 0 Å². The molecular formula is C13H22N4O. The minimum absolute atomic E-state index is 0.469. The molecule has 0 aromatic carbocycles. The number of aliphatic imine (C=N–C) groups is 1. The molecule has 0 unspecified atom stereocenters. The zero-order valence-electron chi connectivity index (χ0n) is 11.4. The highest BCUT2D eigenvalue weighted by Gasteiger charge is 2.07. The number of nitrogens with two attached hydrogens (primary N) is 1. The molecule has 1 heterocycles. The maximum atomic E-state index is 5.71. The van der Waals surface area contributed by atoms with Crippen LogP contribution in [0, 0.1) is 13.8 Å². The summed E-state index contributed by atoms with van der Waals surface area (Å²) in [6.07, 6.45) is 1.90. The number of rotatable bonds is 6. The third kappa shape index (κ3) is 4.61. The Bertz CT molecular complexity index is 415. The fourth-order valence-electron chi connectivity index (χ4n) is 1.62. The van der Waals surface area contributed by atoms with Gasteiger partial charge in [-0.3, -0.25) is 0 Å². The van der Waals surface area contributed by atoms with Gasteiger partial charge in [0.05, 0.1) is 12.2 Å². The van der Waals surface area contributed by atoms with Gasteiger partial charge in [-0.2, -0.15) is 0 Å². The Morgan fingerprint density at radius 2 is 2.22 bits per heavy atom. The Morgan fingerprint density at radius 3 is 2.78 bits per heavy atom. The molecule has 18 heavy (non-hydrogen) atoms. The number of hydrogen-bond donors (Lipinski definition) is 2. The van der Waals surface area contributed by atoms with Crippen molar-refractivity contribution >= 4 is 5.96 Å². The van der Waals surface area contributed by atoms with Crippen molar-refractivity contribution in [3.05, 3.63) is 29.2 Å². The minimum Gasteiger partial charge on any atom is -0.370 e. The van der Waals surface area contributed by atoms with Gasteiger partial charge in [-0.05, 0) is 33.6 Å². The minimum atomic E-state index is 0.469. The molecule has 0 saturated heterocycles. The highest BCUT2D eigenvalue weighted by atomic mass is 16.5. The van der Waals surface area contributed by atoms with Crippen LogP contribution >= 0.6 is 0 Å². The van der Waals surface area contributed by atoms with Crippen molar-refractivity contribution in [3.8, 4) is 0 Å². The van der Waals surface area contributed by atoms with Crippen molar-refractivity contribution in [2.75, 3.05) is 13.1 Å². The van der Waals surface area contributed by atoms with E-state index < -0.39 is 0 Å². The molecule has 1 rings (SSSR count). The first-order valence-corrected chi connectivity index (χ1v) is 6.10. The van der Waals surface area contributed by atoms with Crippen molar-refractivity contribution in [2.24, 2.45) is 10.7 Å². The molecule has 0 aliphatic heterocycles. The van der Waals surface area contributed by atoms with Gasteiger partial charge in [-0.1, -0.05) is 17.3 Å². The second kappa shape index (κ2) is 6.83. The molecule has 0 spiro atoms. The quantitative estimate of drug-likeness (QED) is 0.349. The van der Waals surface area contributed by atoms with Gasteiger partial charge in [0.15, 0.2) is 5.96 Å². The molecule has 1 aromatic rings. The summed E-state index contributed by atoms with van der Waals surface area (Å²) in [4.78, 5) is 4.15. The van der Waals surface area contributed by atoms with Gasteiger partial charge in [0.25, 0.3) is 0 Å². The summed E-state index contributed by atoms with van der Waals surface area (Å²) in [6, 6.07) is 0. The smallest absolute Gasteiger partial charge is 0.188 e. The molecule has 5 heteroatoms. The van der Waals surface area contributed by atoms with Crippen LogP contribution in [0.5, 0.6) is 0 Å². The second-order valence-corrected chi connectivity index (χ2v) is 4.49. The van der Waals surface area contributed by atoms with Gasteiger partial charge >= 0.3 is 0 Å². The first kappa shape index (κ1) is 14.3. The Morgan fingerprint density at radius 1 is 1.50 bits per heavy atom. The molecule has 0 amide bonds. The van der Waals surface area contributed by atoms with Crippen LogP contribution in [0.25, 0.3) is 0 Å². The van der Waals surface area contributed by atoms with E-state index >= 15 is 0 Å². The van der Waals surface area contributed by atoms with Crippen LogP contribution < -0.4 is 11.1 Å². The number of aromatic nitrogens is 1. The molecule has 5 nitrogen and oxygen atoms in total. The Kier molecular flexibility index (Phi) is 5.42. The summed E-state index contributed by atoms with van der Waals surface area (Å²) >= 11 is 0. The molecule has 0 radical (unpaired) electrons. The van der Waals surface area contributed by atoms with E-state index in [0.29, 0.717) is 12.5 Å². The number of hydrogen-bond acceptors (Lipinski definition) is 3. The molecular weight excluding hydrogens is 228 g/mol. The number of nitrogens with zero attached hydrogens (tertiary/aromatic N) is 2. The van der Waals surface area contributed by atoms with E-state index in [4.69, 9.17) is 10.3 Å². The van der Waals surface area contributed by atoms with Gasteiger partial charge in [-0.15, -0.1) is 0 Å². The number of aryl methyl sites for hydroxylation is 2. The second-order valence-electron chi connectivity index (χ2n) is 4.49. The molecule has 0 bridgehead atoms. The van der Waals surface area contributed by atoms with Crippen LogP contribution in [-0.2, 0) is 6.42 Å².